The van der Waals surface area contributed by atoms with Gasteiger partial charge in [0.05, 0.1) is 0 Å². The molecule has 4 nitrogen and oxygen atoms in total. The van der Waals surface area contributed by atoms with Gasteiger partial charge in [0.25, 0.3) is 0 Å². The van der Waals surface area contributed by atoms with Crippen LogP contribution in [0.2, 0.25) is 0 Å². The van der Waals surface area contributed by atoms with E-state index in [4.69, 9.17) is 4.74 Å². The molecule has 0 unspecified atom stereocenters. The molecule has 0 aliphatic carbocycles. The maximum Gasteiger partial charge on any atom is 0.363 e. The molecule has 0 fully saturated rings. The third-order valence-electron chi connectivity index (χ3n) is 2.44. The number of hydrogen-bond donors (Lipinski definition) is 0. The lowest BCUT2D eigenvalue weighted by Crippen LogP contribution is -2.07. The molecular formula is C13H14N2O2. The van der Waals surface area contributed by atoms with E-state index in [2.05, 4.69) is 4.99 Å². The molecule has 0 radical (unpaired) electrons. The maximum absolute atomic E-state index is 11.4. The molecule has 0 bridgehead atoms. The van der Waals surface area contributed by atoms with Crippen molar-refractivity contribution in [1.29, 1.82) is 0 Å². The molecule has 0 aromatic heterocycles. The molecule has 88 valence electrons. The second-order valence-electron chi connectivity index (χ2n) is 4.04. The van der Waals surface area contributed by atoms with Crippen LogP contribution in [0.3, 0.4) is 0 Å². The number of nitrogens with zero attached hydrogens (tertiary/aromatic N) is 2. The molecule has 1 aliphatic rings. The first kappa shape index (κ1) is 11.4. The zero-order chi connectivity index (χ0) is 12.4. The Morgan fingerprint density at radius 3 is 2.35 bits per heavy atom. The molecule has 0 atom stereocenters. The van der Waals surface area contributed by atoms with Crippen LogP contribution in [-0.2, 0) is 9.53 Å². The number of aliphatic imine (C=N–C) groups is 1. The number of rotatable bonds is 2. The molecule has 0 N–H and O–H groups in total. The van der Waals surface area contributed by atoms with E-state index in [1.807, 2.05) is 43.3 Å². The van der Waals surface area contributed by atoms with Crippen LogP contribution in [0.25, 0.3) is 6.08 Å². The van der Waals surface area contributed by atoms with Crippen molar-refractivity contribution in [2.75, 3.05) is 19.0 Å². The summed E-state index contributed by atoms with van der Waals surface area (Å²) >= 11 is 0. The van der Waals surface area contributed by atoms with Gasteiger partial charge in [-0.15, -0.1) is 0 Å². The second-order valence-corrected chi connectivity index (χ2v) is 4.04. The molecule has 1 heterocycles. The van der Waals surface area contributed by atoms with Gasteiger partial charge in [0.2, 0.25) is 0 Å². The minimum Gasteiger partial charge on any atom is -0.407 e. The third kappa shape index (κ3) is 2.53. The fourth-order valence-corrected chi connectivity index (χ4v) is 1.54. The Morgan fingerprint density at radius 1 is 1.24 bits per heavy atom. The van der Waals surface area contributed by atoms with E-state index < -0.39 is 0 Å². The molecule has 1 aromatic rings. The van der Waals surface area contributed by atoms with Crippen LogP contribution in [0.4, 0.5) is 5.69 Å². The Bertz CT molecular complexity index is 499. The van der Waals surface area contributed by atoms with E-state index in [0.717, 1.165) is 11.3 Å². The normalized spacial score (nSPS) is 17.0. The van der Waals surface area contributed by atoms with Crippen molar-refractivity contribution in [2.24, 2.45) is 4.99 Å². The summed E-state index contributed by atoms with van der Waals surface area (Å²) in [6.07, 6.45) is 1.72. The van der Waals surface area contributed by atoms with Crippen LogP contribution in [0.15, 0.2) is 35.0 Å². The van der Waals surface area contributed by atoms with Crippen LogP contribution < -0.4 is 4.90 Å². The lowest BCUT2D eigenvalue weighted by Gasteiger charge is -2.11. The number of carbonyl (C=O) groups is 1. The Labute approximate surface area is 100 Å². The molecule has 2 rings (SSSR count). The molecule has 0 saturated heterocycles. The first-order valence-corrected chi connectivity index (χ1v) is 5.33. The average Bonchev–Trinajstić information content (AvgIpc) is 2.58. The molecule has 0 amide bonds. The monoisotopic (exact) mass is 230 g/mol. The summed E-state index contributed by atoms with van der Waals surface area (Å²) in [7, 11) is 3.96. The van der Waals surface area contributed by atoms with Crippen LogP contribution in [0.5, 0.6) is 0 Å². The summed E-state index contributed by atoms with van der Waals surface area (Å²) in [5, 5.41) is 0. The van der Waals surface area contributed by atoms with Crippen molar-refractivity contribution in [3.63, 3.8) is 0 Å². The SMILES string of the molecule is CC1=N/C(=C\c2ccc(N(C)C)cc2)C(=O)O1. The standard InChI is InChI=1S/C13H14N2O2/c1-9-14-12(13(16)17-9)8-10-4-6-11(7-5-10)15(2)3/h4-8H,1-3H3/b12-8-. The molecule has 4 heteroatoms. The van der Waals surface area contributed by atoms with Crippen molar-refractivity contribution in [1.82, 2.24) is 0 Å². The Hall–Kier alpha value is -2.10. The Kier molecular flexibility index (Phi) is 2.95. The summed E-state index contributed by atoms with van der Waals surface area (Å²) in [4.78, 5) is 17.4. The van der Waals surface area contributed by atoms with Gasteiger partial charge in [0.15, 0.2) is 11.6 Å². The van der Waals surface area contributed by atoms with Gasteiger partial charge in [-0.2, -0.15) is 0 Å². The first-order valence-electron chi connectivity index (χ1n) is 5.33. The highest BCUT2D eigenvalue weighted by molar-refractivity contribution is 6.06. The van der Waals surface area contributed by atoms with E-state index in [1.165, 1.54) is 0 Å². The van der Waals surface area contributed by atoms with Crippen LogP contribution in [0, 0.1) is 0 Å². The number of cyclic esters (lactones) is 1. The van der Waals surface area contributed by atoms with E-state index in [9.17, 15) is 4.79 Å². The largest absolute Gasteiger partial charge is 0.407 e. The van der Waals surface area contributed by atoms with Gasteiger partial charge < -0.3 is 9.64 Å². The number of ether oxygens (including phenoxy) is 1. The molecule has 1 aromatic carbocycles. The zero-order valence-electron chi connectivity index (χ0n) is 10.1. The molecule has 1 aliphatic heterocycles. The summed E-state index contributed by atoms with van der Waals surface area (Å²) < 4.78 is 4.84. The first-order chi connectivity index (χ1) is 8.06. The van der Waals surface area contributed by atoms with Gasteiger partial charge in [-0.25, -0.2) is 9.79 Å². The summed E-state index contributed by atoms with van der Waals surface area (Å²) in [6, 6.07) is 7.87. The number of hydrogen-bond acceptors (Lipinski definition) is 4. The van der Waals surface area contributed by atoms with Gasteiger partial charge in [-0.05, 0) is 23.8 Å². The zero-order valence-corrected chi connectivity index (χ0v) is 10.1. The molecular weight excluding hydrogens is 216 g/mol. The number of anilines is 1. The van der Waals surface area contributed by atoms with Crippen LogP contribution >= 0.6 is 0 Å². The lowest BCUT2D eigenvalue weighted by molar-refractivity contribution is -0.130. The number of esters is 1. The highest BCUT2D eigenvalue weighted by Crippen LogP contribution is 2.18. The fourth-order valence-electron chi connectivity index (χ4n) is 1.54. The van der Waals surface area contributed by atoms with E-state index in [1.54, 1.807) is 13.0 Å². The highest BCUT2D eigenvalue weighted by atomic mass is 16.6. The predicted octanol–water partition coefficient (Wildman–Crippen LogP) is 2.07. The summed E-state index contributed by atoms with van der Waals surface area (Å²) in [5.41, 5.74) is 2.39. The molecule has 17 heavy (non-hydrogen) atoms. The number of benzene rings is 1. The number of carbonyl (C=O) groups excluding carboxylic acids is 1. The van der Waals surface area contributed by atoms with E-state index in [-0.39, 0.29) is 5.97 Å². The molecule has 0 saturated carbocycles. The maximum atomic E-state index is 11.4. The van der Waals surface area contributed by atoms with Crippen molar-refractivity contribution in [2.45, 2.75) is 6.92 Å². The van der Waals surface area contributed by atoms with Gasteiger partial charge in [-0.1, -0.05) is 12.1 Å². The van der Waals surface area contributed by atoms with Crippen LogP contribution in [0.1, 0.15) is 12.5 Å². The summed E-state index contributed by atoms with van der Waals surface area (Å²) in [6.45, 7) is 1.66. The van der Waals surface area contributed by atoms with Gasteiger partial charge in [0.1, 0.15) is 0 Å². The quantitative estimate of drug-likeness (QED) is 0.577. The Morgan fingerprint density at radius 2 is 1.88 bits per heavy atom. The van der Waals surface area contributed by atoms with Crippen molar-refractivity contribution in [3.05, 3.63) is 35.5 Å². The van der Waals surface area contributed by atoms with Crippen molar-refractivity contribution >= 4 is 23.6 Å². The van der Waals surface area contributed by atoms with Gasteiger partial charge >= 0.3 is 5.97 Å². The van der Waals surface area contributed by atoms with E-state index in [0.29, 0.717) is 11.6 Å². The van der Waals surface area contributed by atoms with E-state index >= 15 is 0 Å². The minimum absolute atomic E-state index is 0.347. The second kappa shape index (κ2) is 4.41. The lowest BCUT2D eigenvalue weighted by atomic mass is 10.1. The molecule has 0 spiro atoms. The van der Waals surface area contributed by atoms with Crippen molar-refractivity contribution < 1.29 is 9.53 Å². The fraction of sp³-hybridized carbons (Fsp3) is 0.231. The van der Waals surface area contributed by atoms with Crippen LogP contribution in [-0.4, -0.2) is 26.0 Å². The highest BCUT2D eigenvalue weighted by Gasteiger charge is 2.19. The smallest absolute Gasteiger partial charge is 0.363 e. The average molecular weight is 230 g/mol. The predicted molar refractivity (Wildman–Crippen MR) is 67.9 cm³/mol. The van der Waals surface area contributed by atoms with Gasteiger partial charge in [0, 0.05) is 26.7 Å². The Balaban J connectivity index is 2.25. The minimum atomic E-state index is -0.390. The van der Waals surface area contributed by atoms with Gasteiger partial charge in [-0.3, -0.25) is 0 Å². The van der Waals surface area contributed by atoms with Crippen molar-refractivity contribution in [3.8, 4) is 0 Å². The summed E-state index contributed by atoms with van der Waals surface area (Å²) in [5.74, 6) is 0.00495. The topological polar surface area (TPSA) is 41.9 Å². The third-order valence-corrected chi connectivity index (χ3v) is 2.44.